The zero-order valence-electron chi connectivity index (χ0n) is 8.16. The van der Waals surface area contributed by atoms with Crippen molar-refractivity contribution in [1.82, 2.24) is 0 Å². The van der Waals surface area contributed by atoms with Gasteiger partial charge in [0.25, 0.3) is 0 Å². The summed E-state index contributed by atoms with van der Waals surface area (Å²) in [5.74, 6) is 0. The minimum Gasteiger partial charge on any atom is -0.633 e. The van der Waals surface area contributed by atoms with E-state index >= 15 is 0 Å². The molecule has 0 radical (unpaired) electrons. The van der Waals surface area contributed by atoms with E-state index in [9.17, 15) is 5.21 Å². The summed E-state index contributed by atoms with van der Waals surface area (Å²) >= 11 is 0. The molecule has 2 nitrogen and oxygen atoms in total. The Morgan fingerprint density at radius 3 is 2.54 bits per heavy atom. The van der Waals surface area contributed by atoms with Crippen LogP contribution in [0.3, 0.4) is 0 Å². The molecule has 2 heteroatoms. The maximum atomic E-state index is 11.4. The zero-order valence-corrected chi connectivity index (χ0v) is 8.16. The third kappa shape index (κ3) is 3.01. The van der Waals surface area contributed by atoms with Crippen molar-refractivity contribution < 1.29 is 4.65 Å². The van der Waals surface area contributed by atoms with Crippen LogP contribution in [0.4, 0.5) is 0 Å². The minimum atomic E-state index is -0.301. The Morgan fingerprint density at radius 1 is 1.38 bits per heavy atom. The molecule has 0 N–H and O–H groups in total. The number of nitrogens with zero attached hydrogens (tertiary/aromatic N) is 1. The average Bonchev–Trinajstić information content (AvgIpc) is 2.02. The van der Waals surface area contributed by atoms with Crippen LogP contribution in [0.1, 0.15) is 11.1 Å². The molecule has 0 aliphatic heterocycles. The Morgan fingerprint density at radius 2 is 2.00 bits per heavy atom. The van der Waals surface area contributed by atoms with Crippen molar-refractivity contribution in [2.24, 2.45) is 0 Å². The Hall–Kier alpha value is -1.12. The van der Waals surface area contributed by atoms with E-state index in [4.69, 9.17) is 0 Å². The quantitative estimate of drug-likeness (QED) is 0.513. The fourth-order valence-electron chi connectivity index (χ4n) is 1.29. The van der Waals surface area contributed by atoms with Gasteiger partial charge in [-0.25, -0.2) is 0 Å². The second kappa shape index (κ2) is 3.73. The van der Waals surface area contributed by atoms with Gasteiger partial charge in [-0.05, 0) is 5.56 Å². The van der Waals surface area contributed by atoms with Crippen LogP contribution in [-0.4, -0.2) is 18.7 Å². The van der Waals surface area contributed by atoms with Crippen molar-refractivity contribution in [2.45, 2.75) is 6.54 Å². The van der Waals surface area contributed by atoms with Crippen LogP contribution in [0.5, 0.6) is 0 Å². The third-order valence-corrected chi connectivity index (χ3v) is 1.83. The van der Waals surface area contributed by atoms with Crippen LogP contribution in [0.25, 0.3) is 6.08 Å². The maximum Gasteiger partial charge on any atom is 0.104 e. The Kier molecular flexibility index (Phi) is 2.86. The molecule has 0 aliphatic carbocycles. The lowest BCUT2D eigenvalue weighted by Gasteiger charge is -2.34. The van der Waals surface area contributed by atoms with E-state index < -0.39 is 0 Å². The van der Waals surface area contributed by atoms with Crippen molar-refractivity contribution in [1.29, 1.82) is 0 Å². The molecule has 1 aromatic carbocycles. The number of quaternary nitrogens is 1. The van der Waals surface area contributed by atoms with Crippen LogP contribution >= 0.6 is 0 Å². The minimum absolute atomic E-state index is 0.301. The first-order valence-corrected chi connectivity index (χ1v) is 4.27. The second-order valence-electron chi connectivity index (χ2n) is 3.63. The first-order chi connectivity index (χ1) is 6.03. The van der Waals surface area contributed by atoms with Gasteiger partial charge < -0.3 is 9.85 Å². The van der Waals surface area contributed by atoms with E-state index in [0.717, 1.165) is 11.1 Å². The van der Waals surface area contributed by atoms with E-state index in [2.05, 4.69) is 6.58 Å². The fourth-order valence-corrected chi connectivity index (χ4v) is 1.29. The summed E-state index contributed by atoms with van der Waals surface area (Å²) in [5, 5.41) is 11.4. The molecule has 0 amide bonds. The summed E-state index contributed by atoms with van der Waals surface area (Å²) < 4.78 is -0.301. The van der Waals surface area contributed by atoms with Crippen LogP contribution in [0.2, 0.25) is 0 Å². The van der Waals surface area contributed by atoms with E-state index in [0.29, 0.717) is 6.54 Å². The number of benzene rings is 1. The molecule has 0 saturated heterocycles. The van der Waals surface area contributed by atoms with E-state index in [1.165, 1.54) is 0 Å². The molecule has 0 heterocycles. The highest BCUT2D eigenvalue weighted by molar-refractivity contribution is 5.51. The summed E-state index contributed by atoms with van der Waals surface area (Å²) in [7, 11) is 3.28. The molecular weight excluding hydrogens is 162 g/mol. The summed E-state index contributed by atoms with van der Waals surface area (Å²) in [6.07, 6.45) is 1.78. The van der Waals surface area contributed by atoms with Gasteiger partial charge in [0.05, 0.1) is 14.1 Å². The molecule has 0 aromatic heterocycles. The van der Waals surface area contributed by atoms with Gasteiger partial charge in [-0.3, -0.25) is 0 Å². The third-order valence-electron chi connectivity index (χ3n) is 1.83. The second-order valence-corrected chi connectivity index (χ2v) is 3.63. The smallest absolute Gasteiger partial charge is 0.104 e. The Bertz CT molecular complexity index is 299. The number of rotatable bonds is 3. The molecule has 13 heavy (non-hydrogen) atoms. The zero-order chi connectivity index (χ0) is 9.90. The van der Waals surface area contributed by atoms with Crippen molar-refractivity contribution in [3.63, 3.8) is 0 Å². The van der Waals surface area contributed by atoms with Crippen molar-refractivity contribution in [3.05, 3.63) is 47.2 Å². The van der Waals surface area contributed by atoms with Crippen LogP contribution in [-0.2, 0) is 6.54 Å². The number of hydrogen-bond acceptors (Lipinski definition) is 1. The SMILES string of the molecule is C=Cc1ccccc1C[N+](C)(C)[O-]. The monoisotopic (exact) mass is 177 g/mol. The largest absolute Gasteiger partial charge is 0.633 e. The lowest BCUT2D eigenvalue weighted by Crippen LogP contribution is -2.31. The molecule has 0 aliphatic rings. The van der Waals surface area contributed by atoms with Crippen molar-refractivity contribution >= 4 is 6.08 Å². The summed E-state index contributed by atoms with van der Waals surface area (Å²) in [6, 6.07) is 7.83. The maximum absolute atomic E-state index is 11.4. The predicted molar refractivity (Wildman–Crippen MR) is 55.7 cm³/mol. The van der Waals surface area contributed by atoms with Crippen molar-refractivity contribution in [3.8, 4) is 0 Å². The predicted octanol–water partition coefficient (Wildman–Crippen LogP) is 2.40. The lowest BCUT2D eigenvalue weighted by atomic mass is 10.1. The molecule has 0 spiro atoms. The topological polar surface area (TPSA) is 23.1 Å². The fraction of sp³-hybridized carbons (Fsp3) is 0.273. The molecule has 1 aromatic rings. The highest BCUT2D eigenvalue weighted by atomic mass is 16.5. The van der Waals surface area contributed by atoms with Crippen LogP contribution in [0.15, 0.2) is 30.8 Å². The molecule has 0 unspecified atom stereocenters. The van der Waals surface area contributed by atoms with Gasteiger partial charge in [-0.1, -0.05) is 36.9 Å². The molecule has 1 rings (SSSR count). The van der Waals surface area contributed by atoms with Gasteiger partial charge >= 0.3 is 0 Å². The van der Waals surface area contributed by atoms with E-state index in [1.807, 2.05) is 24.3 Å². The number of hydrogen-bond donors (Lipinski definition) is 0. The molecule has 0 saturated carbocycles. The molecule has 0 fully saturated rings. The normalized spacial score (nSPS) is 11.3. The first-order valence-electron chi connectivity index (χ1n) is 4.27. The highest BCUT2D eigenvalue weighted by Crippen LogP contribution is 2.14. The lowest BCUT2D eigenvalue weighted by molar-refractivity contribution is -0.853. The number of hydroxylamine groups is 3. The van der Waals surface area contributed by atoms with Gasteiger partial charge in [0.15, 0.2) is 0 Å². The van der Waals surface area contributed by atoms with Gasteiger partial charge in [-0.15, -0.1) is 0 Å². The highest BCUT2D eigenvalue weighted by Gasteiger charge is 2.06. The van der Waals surface area contributed by atoms with Crippen LogP contribution in [0, 0.1) is 5.21 Å². The first kappa shape index (κ1) is 9.96. The van der Waals surface area contributed by atoms with E-state index in [-0.39, 0.29) is 4.65 Å². The van der Waals surface area contributed by atoms with Gasteiger partial charge in [0.1, 0.15) is 6.54 Å². The molecular formula is C11H15NO. The Balaban J connectivity index is 2.94. The standard InChI is InChI=1S/C11H15NO/c1-4-10-7-5-6-8-11(10)9-12(2,3)13/h4-8H,1,9H2,2-3H3. The van der Waals surface area contributed by atoms with Gasteiger partial charge in [-0.2, -0.15) is 0 Å². The van der Waals surface area contributed by atoms with Crippen molar-refractivity contribution in [2.75, 3.05) is 14.1 Å². The van der Waals surface area contributed by atoms with Gasteiger partial charge in [0, 0.05) is 5.56 Å². The van der Waals surface area contributed by atoms with E-state index in [1.54, 1.807) is 20.2 Å². The van der Waals surface area contributed by atoms with Gasteiger partial charge in [0.2, 0.25) is 0 Å². The summed E-state index contributed by atoms with van der Waals surface area (Å²) in [5.41, 5.74) is 2.10. The summed E-state index contributed by atoms with van der Waals surface area (Å²) in [4.78, 5) is 0. The summed E-state index contributed by atoms with van der Waals surface area (Å²) in [6.45, 7) is 4.20. The average molecular weight is 177 g/mol. The molecule has 0 atom stereocenters. The molecule has 0 bridgehead atoms. The van der Waals surface area contributed by atoms with Crippen LogP contribution < -0.4 is 0 Å². The Labute approximate surface area is 79.3 Å². The molecule has 70 valence electrons.